The summed E-state index contributed by atoms with van der Waals surface area (Å²) in [7, 11) is 1.51. The summed E-state index contributed by atoms with van der Waals surface area (Å²) >= 11 is 6.37. The molecule has 3 rings (SSSR count). The fraction of sp³-hybridized carbons (Fsp3) is 0.259. The number of amides is 3. The van der Waals surface area contributed by atoms with Gasteiger partial charge in [0, 0.05) is 17.6 Å². The maximum atomic E-state index is 12.8. The average Bonchev–Trinajstić information content (AvgIpc) is 2.84. The van der Waals surface area contributed by atoms with Crippen LogP contribution < -0.4 is 15.5 Å². The number of benzene rings is 3. The lowest BCUT2D eigenvalue weighted by Crippen LogP contribution is -2.49. The van der Waals surface area contributed by atoms with Crippen molar-refractivity contribution in [3.63, 3.8) is 0 Å². The summed E-state index contributed by atoms with van der Waals surface area (Å²) in [5.74, 6) is 0.764. The van der Waals surface area contributed by atoms with Crippen molar-refractivity contribution in [2.24, 2.45) is 5.92 Å². The van der Waals surface area contributed by atoms with E-state index >= 15 is 0 Å². The fourth-order valence-electron chi connectivity index (χ4n) is 3.39. The number of carbonyl (C=O) groups is 2. The minimum Gasteiger partial charge on any atom is -0.489 e. The van der Waals surface area contributed by atoms with Crippen molar-refractivity contribution in [1.82, 2.24) is 15.8 Å². The van der Waals surface area contributed by atoms with Crippen molar-refractivity contribution in [2.75, 3.05) is 7.05 Å². The second-order valence-electron chi connectivity index (χ2n) is 8.40. The number of hydrazine groups is 1. The summed E-state index contributed by atoms with van der Waals surface area (Å²) in [6, 6.07) is 22.1. The molecule has 3 amide bonds. The molecule has 2 N–H and O–H groups in total. The quantitative estimate of drug-likeness (QED) is 0.413. The summed E-state index contributed by atoms with van der Waals surface area (Å²) in [6.07, 6.45) is 0.830. The number of hydrogen-bond acceptors (Lipinski definition) is 3. The predicted octanol–water partition coefficient (Wildman–Crippen LogP) is 5.60. The van der Waals surface area contributed by atoms with Gasteiger partial charge in [0.05, 0.1) is 6.54 Å². The summed E-state index contributed by atoms with van der Waals surface area (Å²) < 4.78 is 5.81. The monoisotopic (exact) mass is 479 g/mol. The Balaban J connectivity index is 1.64. The summed E-state index contributed by atoms with van der Waals surface area (Å²) in [5, 5.41) is 4.33. The first-order valence-electron chi connectivity index (χ1n) is 11.2. The average molecular weight is 480 g/mol. The van der Waals surface area contributed by atoms with Crippen LogP contribution in [0.2, 0.25) is 5.02 Å². The van der Waals surface area contributed by atoms with Gasteiger partial charge < -0.3 is 10.1 Å². The van der Waals surface area contributed by atoms with Crippen LogP contribution in [0, 0.1) is 5.92 Å². The second kappa shape index (κ2) is 12.1. The van der Waals surface area contributed by atoms with Crippen LogP contribution in [0.15, 0.2) is 72.8 Å². The second-order valence-corrected chi connectivity index (χ2v) is 8.81. The molecule has 6 nitrogen and oxygen atoms in total. The summed E-state index contributed by atoms with van der Waals surface area (Å²) in [5.41, 5.74) is 5.97. The minimum absolute atomic E-state index is 0.184. The Kier molecular flexibility index (Phi) is 8.93. The maximum Gasteiger partial charge on any atom is 0.336 e. The Morgan fingerprint density at radius 3 is 2.29 bits per heavy atom. The molecular formula is C27H30ClN3O3. The first kappa shape index (κ1) is 25.1. The Bertz CT molecular complexity index is 1100. The van der Waals surface area contributed by atoms with Crippen molar-refractivity contribution in [1.29, 1.82) is 0 Å². The molecule has 0 radical (unpaired) electrons. The van der Waals surface area contributed by atoms with Gasteiger partial charge in [-0.2, -0.15) is 0 Å². The number of nitrogens with one attached hydrogen (secondary N) is 2. The molecule has 0 aliphatic rings. The van der Waals surface area contributed by atoms with E-state index in [1.54, 1.807) is 12.1 Å². The van der Waals surface area contributed by atoms with Crippen molar-refractivity contribution in [3.05, 3.63) is 100 Å². The standard InChI is InChI=1S/C27H30ClN3O3/c1-19(2)15-22-11-12-23(16-25(22)28)26(32)30-31(27(33)29-3)17-20-9-13-24(14-10-20)34-18-21-7-5-4-6-8-21/h4-14,16,19H,15,17-18H2,1-3H3,(H,29,33)(H,30,32). The van der Waals surface area contributed by atoms with E-state index < -0.39 is 11.9 Å². The van der Waals surface area contributed by atoms with E-state index in [2.05, 4.69) is 24.6 Å². The van der Waals surface area contributed by atoms with E-state index in [4.69, 9.17) is 16.3 Å². The topological polar surface area (TPSA) is 70.7 Å². The van der Waals surface area contributed by atoms with Gasteiger partial charge in [0.1, 0.15) is 12.4 Å². The third-order valence-corrected chi connectivity index (χ3v) is 5.50. The molecule has 0 saturated heterocycles. The van der Waals surface area contributed by atoms with Gasteiger partial charge in [0.2, 0.25) is 0 Å². The van der Waals surface area contributed by atoms with Gasteiger partial charge in [-0.05, 0) is 53.3 Å². The third kappa shape index (κ3) is 7.25. The molecule has 3 aromatic carbocycles. The van der Waals surface area contributed by atoms with Gasteiger partial charge in [-0.3, -0.25) is 10.2 Å². The Morgan fingerprint density at radius 1 is 0.971 bits per heavy atom. The number of urea groups is 1. The molecule has 0 fully saturated rings. The SMILES string of the molecule is CNC(=O)N(Cc1ccc(OCc2ccccc2)cc1)NC(=O)c1ccc(CC(C)C)c(Cl)c1. The molecule has 0 aliphatic carbocycles. The van der Waals surface area contributed by atoms with Gasteiger partial charge >= 0.3 is 6.03 Å². The van der Waals surface area contributed by atoms with Crippen molar-refractivity contribution in [3.8, 4) is 5.75 Å². The molecule has 0 heterocycles. The molecule has 0 unspecified atom stereocenters. The Labute approximate surface area is 205 Å². The van der Waals surface area contributed by atoms with Crippen LogP contribution >= 0.6 is 11.6 Å². The zero-order valence-electron chi connectivity index (χ0n) is 19.7. The first-order chi connectivity index (χ1) is 16.4. The van der Waals surface area contributed by atoms with E-state index in [1.807, 2.05) is 60.7 Å². The van der Waals surface area contributed by atoms with Crippen LogP contribution in [0.25, 0.3) is 0 Å². The van der Waals surface area contributed by atoms with E-state index in [9.17, 15) is 9.59 Å². The largest absolute Gasteiger partial charge is 0.489 e. The number of hydrogen-bond donors (Lipinski definition) is 2. The van der Waals surface area contributed by atoms with Crippen molar-refractivity contribution in [2.45, 2.75) is 33.4 Å². The molecule has 0 saturated carbocycles. The molecule has 34 heavy (non-hydrogen) atoms. The molecule has 0 atom stereocenters. The molecular weight excluding hydrogens is 450 g/mol. The van der Waals surface area contributed by atoms with E-state index in [0.29, 0.717) is 23.1 Å². The zero-order chi connectivity index (χ0) is 24.5. The van der Waals surface area contributed by atoms with Crippen molar-refractivity contribution < 1.29 is 14.3 Å². The van der Waals surface area contributed by atoms with Crippen LogP contribution in [0.3, 0.4) is 0 Å². The summed E-state index contributed by atoms with van der Waals surface area (Å²) in [4.78, 5) is 25.2. The number of rotatable bonds is 8. The van der Waals surface area contributed by atoms with Crippen LogP contribution in [0.4, 0.5) is 4.79 Å². The summed E-state index contributed by atoms with van der Waals surface area (Å²) in [6.45, 7) is 4.88. The number of ether oxygens (including phenoxy) is 1. The van der Waals surface area contributed by atoms with E-state index in [-0.39, 0.29) is 6.54 Å². The molecule has 0 spiro atoms. The van der Waals surface area contributed by atoms with Crippen LogP contribution in [0.5, 0.6) is 5.75 Å². The van der Waals surface area contributed by atoms with E-state index in [0.717, 1.165) is 28.9 Å². The lowest BCUT2D eigenvalue weighted by atomic mass is 10.0. The normalized spacial score (nSPS) is 10.6. The minimum atomic E-state index is -0.430. The number of carbonyl (C=O) groups excluding carboxylic acids is 2. The zero-order valence-corrected chi connectivity index (χ0v) is 20.4. The Hall–Kier alpha value is -3.51. The van der Waals surface area contributed by atoms with Gasteiger partial charge in [0.15, 0.2) is 0 Å². The maximum absolute atomic E-state index is 12.8. The van der Waals surface area contributed by atoms with Gasteiger partial charge in [-0.15, -0.1) is 0 Å². The van der Waals surface area contributed by atoms with E-state index in [1.165, 1.54) is 12.1 Å². The highest BCUT2D eigenvalue weighted by molar-refractivity contribution is 6.31. The third-order valence-electron chi connectivity index (χ3n) is 5.15. The Morgan fingerprint density at radius 2 is 1.68 bits per heavy atom. The van der Waals surface area contributed by atoms with Gasteiger partial charge in [-0.25, -0.2) is 9.80 Å². The van der Waals surface area contributed by atoms with Crippen LogP contribution in [-0.2, 0) is 19.6 Å². The first-order valence-corrected chi connectivity index (χ1v) is 11.6. The lowest BCUT2D eigenvalue weighted by molar-refractivity contribution is 0.0819. The molecule has 3 aromatic rings. The highest BCUT2D eigenvalue weighted by Crippen LogP contribution is 2.21. The van der Waals surface area contributed by atoms with Crippen molar-refractivity contribution >= 4 is 23.5 Å². The predicted molar refractivity (Wildman–Crippen MR) is 135 cm³/mol. The lowest BCUT2D eigenvalue weighted by Gasteiger charge is -2.23. The number of nitrogens with zero attached hydrogens (tertiary/aromatic N) is 1. The van der Waals surface area contributed by atoms with Gasteiger partial charge in [-0.1, -0.05) is 74.0 Å². The molecule has 178 valence electrons. The highest BCUT2D eigenvalue weighted by Gasteiger charge is 2.18. The van der Waals surface area contributed by atoms with Gasteiger partial charge in [0.25, 0.3) is 5.91 Å². The fourth-order valence-corrected chi connectivity index (χ4v) is 3.65. The molecule has 0 aliphatic heterocycles. The van der Waals surface area contributed by atoms with Crippen LogP contribution in [-0.4, -0.2) is 24.0 Å². The molecule has 0 aromatic heterocycles. The highest BCUT2D eigenvalue weighted by atomic mass is 35.5. The number of halogens is 1. The smallest absolute Gasteiger partial charge is 0.336 e. The molecule has 7 heteroatoms. The van der Waals surface area contributed by atoms with Crippen LogP contribution in [0.1, 0.15) is 40.9 Å². The molecule has 0 bridgehead atoms.